The van der Waals surface area contributed by atoms with E-state index in [9.17, 15) is 13.2 Å². The maximum Gasteiger partial charge on any atom is 0.226 e. The number of hydrogen-bond acceptors (Lipinski definition) is 5. The second-order valence-corrected chi connectivity index (χ2v) is 8.70. The summed E-state index contributed by atoms with van der Waals surface area (Å²) in [6.45, 7) is 1.86. The van der Waals surface area contributed by atoms with E-state index in [1.54, 1.807) is 37.0 Å². The summed E-state index contributed by atoms with van der Waals surface area (Å²) in [4.78, 5) is 12.7. The van der Waals surface area contributed by atoms with Crippen LogP contribution in [0.1, 0.15) is 12.1 Å². The van der Waals surface area contributed by atoms with Crippen LogP contribution in [-0.2, 0) is 21.7 Å². The number of methoxy groups -OCH3 is 1. The molecular formula is C21H23N3O4S. The predicted molar refractivity (Wildman–Crippen MR) is 112 cm³/mol. The lowest BCUT2D eigenvalue weighted by Crippen LogP contribution is -2.19. The number of hydrogen-bond donors (Lipinski definition) is 1. The standard InChI is InChI=1S/C21H23N3O4S/c1-15-20(16-9-11-17(28-3)12-10-16)21(24(2)23-15)22-19(25)13-14-29(26,27)18-7-5-4-6-8-18/h4-12H,13-14H2,1-3H3,(H,22,25). The van der Waals surface area contributed by atoms with Crippen molar-refractivity contribution in [3.8, 4) is 16.9 Å². The molecule has 1 aromatic heterocycles. The molecule has 0 bridgehead atoms. The Morgan fingerprint density at radius 3 is 2.38 bits per heavy atom. The molecule has 7 nitrogen and oxygen atoms in total. The van der Waals surface area contributed by atoms with Crippen LogP contribution in [0.3, 0.4) is 0 Å². The van der Waals surface area contributed by atoms with E-state index in [1.165, 1.54) is 12.1 Å². The molecule has 0 aliphatic rings. The van der Waals surface area contributed by atoms with Gasteiger partial charge in [0.15, 0.2) is 9.84 Å². The van der Waals surface area contributed by atoms with Crippen molar-refractivity contribution in [1.82, 2.24) is 9.78 Å². The second kappa shape index (κ2) is 8.48. The normalized spacial score (nSPS) is 11.3. The van der Waals surface area contributed by atoms with Crippen LogP contribution in [0.5, 0.6) is 5.75 Å². The topological polar surface area (TPSA) is 90.3 Å². The van der Waals surface area contributed by atoms with Gasteiger partial charge in [0.1, 0.15) is 11.6 Å². The molecule has 0 radical (unpaired) electrons. The predicted octanol–water partition coefficient (Wildman–Crippen LogP) is 3.21. The molecule has 0 saturated heterocycles. The van der Waals surface area contributed by atoms with Crippen LogP contribution in [0.4, 0.5) is 5.82 Å². The first-order valence-electron chi connectivity index (χ1n) is 9.07. The van der Waals surface area contributed by atoms with Gasteiger partial charge < -0.3 is 10.1 Å². The highest BCUT2D eigenvalue weighted by Crippen LogP contribution is 2.32. The molecule has 8 heteroatoms. The number of amides is 1. The Kier molecular flexibility index (Phi) is 6.03. The fraction of sp³-hybridized carbons (Fsp3) is 0.238. The van der Waals surface area contributed by atoms with Crippen molar-refractivity contribution in [2.45, 2.75) is 18.2 Å². The summed E-state index contributed by atoms with van der Waals surface area (Å²) in [6, 6.07) is 15.6. The van der Waals surface area contributed by atoms with Crippen LogP contribution in [0, 0.1) is 6.92 Å². The van der Waals surface area contributed by atoms with Crippen molar-refractivity contribution < 1.29 is 17.9 Å². The van der Waals surface area contributed by atoms with Gasteiger partial charge in [0.05, 0.1) is 23.5 Å². The first-order chi connectivity index (χ1) is 13.8. The van der Waals surface area contributed by atoms with Crippen LogP contribution in [0.2, 0.25) is 0 Å². The Hall–Kier alpha value is -3.13. The minimum absolute atomic E-state index is 0.149. The average molecular weight is 413 g/mol. The number of rotatable bonds is 7. The van der Waals surface area contributed by atoms with E-state index in [4.69, 9.17) is 4.74 Å². The van der Waals surface area contributed by atoms with E-state index in [1.807, 2.05) is 31.2 Å². The Morgan fingerprint density at radius 2 is 1.76 bits per heavy atom. The van der Waals surface area contributed by atoms with Gasteiger partial charge in [-0.05, 0) is 36.8 Å². The van der Waals surface area contributed by atoms with Crippen molar-refractivity contribution in [2.75, 3.05) is 18.2 Å². The number of aryl methyl sites for hydroxylation is 2. The number of carbonyl (C=O) groups excluding carboxylic acids is 1. The second-order valence-electron chi connectivity index (χ2n) is 6.59. The third kappa shape index (κ3) is 4.65. The molecule has 1 amide bonds. The lowest BCUT2D eigenvalue weighted by molar-refractivity contribution is -0.115. The molecule has 1 N–H and O–H groups in total. The van der Waals surface area contributed by atoms with E-state index < -0.39 is 9.84 Å². The minimum atomic E-state index is -3.52. The molecule has 0 atom stereocenters. The van der Waals surface area contributed by atoms with E-state index in [0.29, 0.717) is 5.82 Å². The molecule has 1 heterocycles. The van der Waals surface area contributed by atoms with Gasteiger partial charge in [-0.2, -0.15) is 5.10 Å². The zero-order chi connectivity index (χ0) is 21.0. The minimum Gasteiger partial charge on any atom is -0.497 e. The molecule has 0 aliphatic carbocycles. The number of sulfone groups is 1. The van der Waals surface area contributed by atoms with Gasteiger partial charge in [-0.3, -0.25) is 9.48 Å². The molecular weight excluding hydrogens is 390 g/mol. The van der Waals surface area contributed by atoms with Crippen molar-refractivity contribution in [2.24, 2.45) is 7.05 Å². The van der Waals surface area contributed by atoms with Crippen molar-refractivity contribution in [3.63, 3.8) is 0 Å². The lowest BCUT2D eigenvalue weighted by Gasteiger charge is -2.10. The van der Waals surface area contributed by atoms with Crippen LogP contribution >= 0.6 is 0 Å². The number of carbonyl (C=O) groups is 1. The molecule has 0 fully saturated rings. The summed E-state index contributed by atoms with van der Waals surface area (Å²) in [7, 11) is -0.190. The zero-order valence-electron chi connectivity index (χ0n) is 16.5. The maximum atomic E-state index is 12.5. The molecule has 2 aromatic carbocycles. The maximum absolute atomic E-state index is 12.5. The first-order valence-corrected chi connectivity index (χ1v) is 10.7. The first kappa shape index (κ1) is 20.6. The highest BCUT2D eigenvalue weighted by atomic mass is 32.2. The highest BCUT2D eigenvalue weighted by Gasteiger charge is 2.20. The number of nitrogens with zero attached hydrogens (tertiary/aromatic N) is 2. The van der Waals surface area contributed by atoms with Crippen molar-refractivity contribution in [1.29, 1.82) is 0 Å². The average Bonchev–Trinajstić information content (AvgIpc) is 3.00. The molecule has 0 aliphatic heterocycles. The zero-order valence-corrected chi connectivity index (χ0v) is 17.4. The van der Waals surface area contributed by atoms with Crippen LogP contribution in [-0.4, -0.2) is 37.0 Å². The SMILES string of the molecule is COc1ccc(-c2c(C)nn(C)c2NC(=O)CCS(=O)(=O)c2ccccc2)cc1. The van der Waals surface area contributed by atoms with E-state index in [-0.39, 0.29) is 23.0 Å². The Bertz CT molecular complexity index is 1100. The summed E-state index contributed by atoms with van der Waals surface area (Å²) in [5.41, 5.74) is 2.42. The Balaban J connectivity index is 1.77. The van der Waals surface area contributed by atoms with Crippen molar-refractivity contribution in [3.05, 3.63) is 60.3 Å². The van der Waals surface area contributed by atoms with Crippen molar-refractivity contribution >= 4 is 21.6 Å². The molecule has 0 unspecified atom stereocenters. The van der Waals surface area contributed by atoms with Crippen LogP contribution in [0.25, 0.3) is 11.1 Å². The number of anilines is 1. The Morgan fingerprint density at radius 1 is 1.10 bits per heavy atom. The Labute approximate surface area is 170 Å². The van der Waals surface area contributed by atoms with E-state index in [0.717, 1.165) is 22.6 Å². The largest absolute Gasteiger partial charge is 0.497 e. The monoisotopic (exact) mass is 413 g/mol. The number of benzene rings is 2. The van der Waals surface area contributed by atoms with Gasteiger partial charge in [0.25, 0.3) is 0 Å². The number of nitrogens with one attached hydrogen (secondary N) is 1. The number of aromatic nitrogens is 2. The fourth-order valence-corrected chi connectivity index (χ4v) is 4.33. The summed E-state index contributed by atoms with van der Waals surface area (Å²) in [6.07, 6.45) is -0.149. The summed E-state index contributed by atoms with van der Waals surface area (Å²) >= 11 is 0. The molecule has 0 spiro atoms. The number of ether oxygens (including phenoxy) is 1. The van der Waals surface area contributed by atoms with Gasteiger partial charge in [-0.1, -0.05) is 30.3 Å². The van der Waals surface area contributed by atoms with Gasteiger partial charge in [-0.15, -0.1) is 0 Å². The highest BCUT2D eigenvalue weighted by molar-refractivity contribution is 7.91. The van der Waals surface area contributed by atoms with Crippen LogP contribution in [0.15, 0.2) is 59.5 Å². The third-order valence-electron chi connectivity index (χ3n) is 4.56. The fourth-order valence-electron chi connectivity index (χ4n) is 3.07. The van der Waals surface area contributed by atoms with Gasteiger partial charge >= 0.3 is 0 Å². The molecule has 3 aromatic rings. The van der Waals surface area contributed by atoms with E-state index >= 15 is 0 Å². The van der Waals surface area contributed by atoms with E-state index in [2.05, 4.69) is 10.4 Å². The third-order valence-corrected chi connectivity index (χ3v) is 6.29. The molecule has 29 heavy (non-hydrogen) atoms. The summed E-state index contributed by atoms with van der Waals surface area (Å²) < 4.78 is 31.6. The van der Waals surface area contributed by atoms with Gasteiger partial charge in [0, 0.05) is 19.0 Å². The van der Waals surface area contributed by atoms with Gasteiger partial charge in [0.2, 0.25) is 5.91 Å². The lowest BCUT2D eigenvalue weighted by atomic mass is 10.1. The smallest absolute Gasteiger partial charge is 0.226 e. The van der Waals surface area contributed by atoms with Crippen LogP contribution < -0.4 is 10.1 Å². The van der Waals surface area contributed by atoms with Gasteiger partial charge in [-0.25, -0.2) is 8.42 Å². The molecule has 152 valence electrons. The molecule has 0 saturated carbocycles. The summed E-state index contributed by atoms with van der Waals surface area (Å²) in [5, 5.41) is 7.21. The summed E-state index contributed by atoms with van der Waals surface area (Å²) in [5.74, 6) is 0.599. The molecule has 3 rings (SSSR count). The quantitative estimate of drug-likeness (QED) is 0.642.